The number of hydrogen-bond donors (Lipinski definition) is 3. The number of carbonyl (C=O) groups is 3. The van der Waals surface area contributed by atoms with E-state index < -0.39 is 63.7 Å². The number of nitrogens with one attached hydrogen (secondary N) is 1. The highest BCUT2D eigenvalue weighted by molar-refractivity contribution is 7.79. The molecular formula is C47H58F2N4O8S. The highest BCUT2D eigenvalue weighted by atomic mass is 32.1. The van der Waals surface area contributed by atoms with Crippen LogP contribution in [0.2, 0.25) is 0 Å². The van der Waals surface area contributed by atoms with Gasteiger partial charge in [-0.1, -0.05) is 25.1 Å². The molecule has 12 nitrogen and oxygen atoms in total. The number of aliphatic hydroxyl groups is 1. The van der Waals surface area contributed by atoms with Crippen molar-refractivity contribution in [1.82, 2.24) is 14.8 Å². The van der Waals surface area contributed by atoms with Gasteiger partial charge in [0.05, 0.1) is 27.4 Å². The van der Waals surface area contributed by atoms with Crippen LogP contribution in [-0.4, -0.2) is 129 Å². The number of rotatable bonds is 8. The summed E-state index contributed by atoms with van der Waals surface area (Å²) in [7, 11) is 5.95. The number of likely N-dealkylation sites (N-methyl/N-ethyl adjacent to an activating group) is 1. The molecule has 10 atom stereocenters. The summed E-state index contributed by atoms with van der Waals surface area (Å²) in [6.07, 6.45) is 4.47. The van der Waals surface area contributed by atoms with Gasteiger partial charge in [0.15, 0.2) is 6.10 Å². The van der Waals surface area contributed by atoms with Crippen LogP contribution in [0.1, 0.15) is 74.4 Å². The van der Waals surface area contributed by atoms with E-state index in [1.165, 1.54) is 21.1 Å². The number of ether oxygens (including phenoxy) is 4. The van der Waals surface area contributed by atoms with Gasteiger partial charge in [-0.05, 0) is 86.4 Å². The van der Waals surface area contributed by atoms with Gasteiger partial charge in [-0.15, -0.1) is 0 Å². The van der Waals surface area contributed by atoms with E-state index in [1.54, 1.807) is 7.11 Å². The van der Waals surface area contributed by atoms with Crippen molar-refractivity contribution in [3.05, 3.63) is 70.4 Å². The highest BCUT2D eigenvalue weighted by Crippen LogP contribution is 2.68. The molecule has 0 radical (unpaired) electrons. The fraction of sp³-hybridized carbons (Fsp3) is 0.596. The summed E-state index contributed by atoms with van der Waals surface area (Å²) in [5, 5.41) is 14.3. The average Bonchev–Trinajstić information content (AvgIpc) is 3.91. The zero-order chi connectivity index (χ0) is 44.3. The van der Waals surface area contributed by atoms with E-state index in [1.807, 2.05) is 55.3 Å². The van der Waals surface area contributed by atoms with Crippen LogP contribution in [0.3, 0.4) is 0 Å². The lowest BCUT2D eigenvalue weighted by Gasteiger charge is -2.63. The van der Waals surface area contributed by atoms with Crippen molar-refractivity contribution in [2.75, 3.05) is 66.0 Å². The topological polar surface area (TPSA) is 134 Å². The lowest BCUT2D eigenvalue weighted by molar-refractivity contribution is -0.228. The number of nitrogens with zero attached hydrogens (tertiary/aromatic N) is 3. The number of aromatic nitrogens is 1. The fourth-order valence-corrected chi connectivity index (χ4v) is 13.8. The van der Waals surface area contributed by atoms with Crippen molar-refractivity contribution >= 4 is 47.1 Å². The molecule has 9 rings (SSSR count). The molecule has 6 heterocycles. The first kappa shape index (κ1) is 43.1. The number of carbonyl (C=O) groups excluding carboxylic acids is 3. The summed E-state index contributed by atoms with van der Waals surface area (Å²) in [6, 6.07) is 8.63. The molecule has 2 aromatic carbocycles. The molecule has 1 spiro atoms. The predicted octanol–water partition coefficient (Wildman–Crippen LogP) is 5.55. The Morgan fingerprint density at radius 3 is 2.45 bits per heavy atom. The van der Waals surface area contributed by atoms with Gasteiger partial charge in [0.1, 0.15) is 11.2 Å². The minimum absolute atomic E-state index is 0.140. The van der Waals surface area contributed by atoms with E-state index in [2.05, 4.69) is 33.5 Å². The van der Waals surface area contributed by atoms with Crippen LogP contribution in [0.5, 0.6) is 5.75 Å². The third-order valence-electron chi connectivity index (χ3n) is 15.9. The molecule has 6 aliphatic rings. The maximum absolute atomic E-state index is 15.4. The zero-order valence-electron chi connectivity index (χ0n) is 36.6. The van der Waals surface area contributed by atoms with Gasteiger partial charge in [0.2, 0.25) is 11.5 Å². The number of halogens is 2. The minimum Gasteiger partial charge on any atom is -0.496 e. The first-order valence-electron chi connectivity index (χ1n) is 21.8. The molecule has 1 saturated carbocycles. The van der Waals surface area contributed by atoms with Gasteiger partial charge in [-0.25, -0.2) is 13.6 Å². The standard InChI is InChI=1S/C47H58F2N4O8S/c1-8-44-13-9-15-53-17-14-45(38(44)53)32-20-33(36(58-5)21-35(32)51(4)39(45)47(57,42(56)60-7)40(44)61-26(2)54)46(41(55)59-6)22-28-18-29(43(3,48)49)24-52(23-28)16-12-30-31-19-27(25-62)10-11-34(31)50-37(30)46/h9-11,13,19-21,28-29,38-40,50,57,62H,8,12,14-18,22-25H2,1-7H3/t28-,29?,38+,39-,40-,44-,45-,46+,47+/m1/s1. The monoisotopic (exact) mass is 876 g/mol. The summed E-state index contributed by atoms with van der Waals surface area (Å²) in [5.41, 5.74) is -0.649. The number of anilines is 1. The molecule has 334 valence electrons. The summed E-state index contributed by atoms with van der Waals surface area (Å²) >= 11 is 4.59. The molecule has 2 unspecified atom stereocenters. The van der Waals surface area contributed by atoms with Crippen LogP contribution >= 0.6 is 12.6 Å². The normalized spacial score (nSPS) is 34.9. The lowest BCUT2D eigenvalue weighted by Crippen LogP contribution is -2.81. The molecule has 3 fully saturated rings. The van der Waals surface area contributed by atoms with Crippen LogP contribution in [-0.2, 0) is 51.6 Å². The number of benzene rings is 2. The Bertz CT molecular complexity index is 2370. The molecular weight excluding hydrogens is 819 g/mol. The van der Waals surface area contributed by atoms with E-state index in [4.69, 9.17) is 18.9 Å². The summed E-state index contributed by atoms with van der Waals surface area (Å²) < 4.78 is 54.7. The number of H-pyrrole nitrogens is 1. The molecule has 15 heteroatoms. The number of fused-ring (bicyclic) bond motifs is 6. The molecule has 0 amide bonds. The highest BCUT2D eigenvalue weighted by Gasteiger charge is 2.80. The molecule has 2 saturated heterocycles. The Hall–Kier alpha value is -4.18. The van der Waals surface area contributed by atoms with Crippen molar-refractivity contribution in [3.63, 3.8) is 0 Å². The summed E-state index contributed by atoms with van der Waals surface area (Å²) in [6.45, 7) is 6.74. The van der Waals surface area contributed by atoms with Crippen molar-refractivity contribution in [1.29, 1.82) is 0 Å². The van der Waals surface area contributed by atoms with E-state index in [0.29, 0.717) is 73.9 Å². The van der Waals surface area contributed by atoms with Crippen LogP contribution in [0.4, 0.5) is 14.5 Å². The Kier molecular flexibility index (Phi) is 10.4. The molecule has 3 aromatic rings. The zero-order valence-corrected chi connectivity index (χ0v) is 37.5. The maximum atomic E-state index is 15.4. The SMILES string of the molecule is CC[C@]12C=CCN3CC[C@@]4(c5cc([C@@]6(C(=O)OC)C[C@H]7CC(C(C)(F)F)CN(CCc8c6[nH]c6ccc(CS)cc86)C7)c(OC)cc5N(C)[C@H]4[C@@](O)(C(=O)OC)[C@@H]1OC(C)=O)[C@@H]32. The number of alkyl halides is 2. The third-order valence-corrected chi connectivity index (χ3v) is 16.3. The second kappa shape index (κ2) is 15.0. The van der Waals surface area contributed by atoms with Crippen LogP contribution in [0.25, 0.3) is 10.9 Å². The molecule has 62 heavy (non-hydrogen) atoms. The van der Waals surface area contributed by atoms with Crippen molar-refractivity contribution in [3.8, 4) is 5.75 Å². The van der Waals surface area contributed by atoms with Crippen molar-refractivity contribution in [2.45, 2.75) is 99.2 Å². The maximum Gasteiger partial charge on any atom is 0.344 e. The predicted molar refractivity (Wildman–Crippen MR) is 232 cm³/mol. The Balaban J connectivity index is 1.36. The molecule has 1 aliphatic carbocycles. The van der Waals surface area contributed by atoms with E-state index in [-0.39, 0.29) is 31.3 Å². The second-order valence-electron chi connectivity index (χ2n) is 18.8. The lowest BCUT2D eigenvalue weighted by atomic mass is 9.47. The smallest absolute Gasteiger partial charge is 0.344 e. The minimum atomic E-state index is -2.94. The van der Waals surface area contributed by atoms with E-state index in [0.717, 1.165) is 34.5 Å². The third kappa shape index (κ3) is 5.75. The summed E-state index contributed by atoms with van der Waals surface area (Å²) in [4.78, 5) is 52.9. The number of hydrogen-bond acceptors (Lipinski definition) is 12. The number of methoxy groups -OCH3 is 3. The largest absolute Gasteiger partial charge is 0.496 e. The quantitative estimate of drug-likeness (QED) is 0.114. The van der Waals surface area contributed by atoms with Gasteiger partial charge in [0.25, 0.3) is 0 Å². The van der Waals surface area contributed by atoms with E-state index in [9.17, 15) is 14.7 Å². The molecule has 2 N–H and O–H groups in total. The number of aromatic amines is 1. The van der Waals surface area contributed by atoms with Gasteiger partial charge >= 0.3 is 17.9 Å². The fourth-order valence-electron chi connectivity index (χ4n) is 13.6. The Labute approximate surface area is 366 Å². The first-order chi connectivity index (χ1) is 29.5. The second-order valence-corrected chi connectivity index (χ2v) is 19.1. The number of esters is 3. The van der Waals surface area contributed by atoms with Gasteiger partial charge < -0.3 is 38.8 Å². The van der Waals surface area contributed by atoms with E-state index >= 15 is 13.6 Å². The van der Waals surface area contributed by atoms with Gasteiger partial charge in [0, 0.05) is 103 Å². The first-order valence-corrected chi connectivity index (χ1v) is 22.4. The molecule has 1 aromatic heterocycles. The van der Waals surface area contributed by atoms with Crippen LogP contribution in [0.15, 0.2) is 42.5 Å². The van der Waals surface area contributed by atoms with Crippen molar-refractivity contribution in [2.24, 2.45) is 17.3 Å². The molecule has 2 bridgehead atoms. The van der Waals surface area contributed by atoms with Gasteiger partial charge in [-0.2, -0.15) is 12.6 Å². The number of thiol groups is 1. The van der Waals surface area contributed by atoms with Gasteiger partial charge in [-0.3, -0.25) is 14.5 Å². The summed E-state index contributed by atoms with van der Waals surface area (Å²) in [5.74, 6) is -5.47. The Morgan fingerprint density at radius 1 is 1.03 bits per heavy atom. The average molecular weight is 877 g/mol. The number of piperidine rings is 1. The molecule has 5 aliphatic heterocycles. The van der Waals surface area contributed by atoms with Crippen LogP contribution in [0, 0.1) is 17.3 Å². The Morgan fingerprint density at radius 2 is 1.79 bits per heavy atom. The van der Waals surface area contributed by atoms with Crippen molar-refractivity contribution < 1.29 is 47.2 Å². The van der Waals surface area contributed by atoms with Crippen LogP contribution < -0.4 is 9.64 Å².